The lowest BCUT2D eigenvalue weighted by atomic mass is 9.96. The number of carbonyl (C=O) groups excluding carboxylic acids is 2. The van der Waals surface area contributed by atoms with E-state index in [0.29, 0.717) is 28.5 Å². The van der Waals surface area contributed by atoms with E-state index >= 15 is 0 Å². The molecule has 0 saturated heterocycles. The van der Waals surface area contributed by atoms with Gasteiger partial charge in [0, 0.05) is 29.9 Å². The van der Waals surface area contributed by atoms with E-state index in [9.17, 15) is 14.7 Å². The molecule has 4 rings (SSSR count). The van der Waals surface area contributed by atoms with Crippen LogP contribution >= 0.6 is 0 Å². The van der Waals surface area contributed by atoms with Crippen LogP contribution in [-0.2, 0) is 18.2 Å². The first-order chi connectivity index (χ1) is 16.3. The fraction of sp³-hybridized carbons (Fsp3) is 0.222. The third-order valence-corrected chi connectivity index (χ3v) is 5.79. The number of fused-ring (bicyclic) bond motifs is 2. The van der Waals surface area contributed by atoms with Crippen molar-refractivity contribution in [3.05, 3.63) is 83.0 Å². The molecule has 0 saturated carbocycles. The number of nitrogens with two attached hydrogens (primary N) is 1. The Hall–Kier alpha value is -4.13. The average molecular weight is 457 g/mol. The second-order valence-electron chi connectivity index (χ2n) is 8.69. The van der Waals surface area contributed by atoms with Crippen molar-refractivity contribution < 1.29 is 19.4 Å². The fourth-order valence-electron chi connectivity index (χ4n) is 4.19. The van der Waals surface area contributed by atoms with E-state index in [1.165, 1.54) is 0 Å². The van der Waals surface area contributed by atoms with Gasteiger partial charge < -0.3 is 24.9 Å². The minimum absolute atomic E-state index is 0.00520. The van der Waals surface area contributed by atoms with E-state index in [0.717, 1.165) is 16.3 Å². The Morgan fingerprint density at radius 3 is 2.53 bits per heavy atom. The van der Waals surface area contributed by atoms with Crippen LogP contribution in [0.15, 0.2) is 65.7 Å². The van der Waals surface area contributed by atoms with Crippen molar-refractivity contribution in [3.63, 3.8) is 0 Å². The van der Waals surface area contributed by atoms with E-state index < -0.39 is 12.1 Å². The highest BCUT2D eigenvalue weighted by Gasteiger charge is 2.18. The highest BCUT2D eigenvalue weighted by atomic mass is 16.5. The predicted molar refractivity (Wildman–Crippen MR) is 131 cm³/mol. The van der Waals surface area contributed by atoms with Gasteiger partial charge in [0.25, 0.3) is 0 Å². The number of rotatable bonds is 6. The van der Waals surface area contributed by atoms with Gasteiger partial charge in [-0.3, -0.25) is 0 Å². The van der Waals surface area contributed by atoms with Gasteiger partial charge in [0.15, 0.2) is 0 Å². The van der Waals surface area contributed by atoms with E-state index in [4.69, 9.17) is 10.5 Å². The van der Waals surface area contributed by atoms with Gasteiger partial charge >= 0.3 is 6.09 Å². The number of nitrogens with zero attached hydrogens (tertiary/aromatic N) is 2. The lowest BCUT2D eigenvalue weighted by Gasteiger charge is -2.11. The molecule has 4 aromatic rings. The monoisotopic (exact) mass is 456 g/mol. The van der Waals surface area contributed by atoms with Crippen molar-refractivity contribution in [2.24, 2.45) is 23.7 Å². The summed E-state index contributed by atoms with van der Waals surface area (Å²) in [4.78, 5) is 28.0. The summed E-state index contributed by atoms with van der Waals surface area (Å²) in [5.41, 5.74) is 9.03. The first kappa shape index (κ1) is 23.0. The standard InChI is InChI=1S/C27H27N3O4/c1-16(2)15-34-27(33)29-25(28)19-11-12-23-21(14-19)22(24(26(31)32)30(23)3)13-18-9-6-8-17-7-4-5-10-20(17)18/h4-12,14,16H,13,15H2,1-3H3,(H,31,32)(H2,28,29,33)/p-1. The number of carbonyl (C=O) groups is 2. The molecule has 0 spiro atoms. The Labute approximate surface area is 197 Å². The molecule has 174 valence electrons. The Morgan fingerprint density at radius 1 is 1.06 bits per heavy atom. The molecule has 0 aliphatic carbocycles. The number of aromatic carboxylic acids is 1. The van der Waals surface area contributed by atoms with Gasteiger partial charge in [-0.2, -0.15) is 4.99 Å². The molecular weight excluding hydrogens is 430 g/mol. The molecule has 1 amide bonds. The zero-order valence-corrected chi connectivity index (χ0v) is 19.4. The van der Waals surface area contributed by atoms with Gasteiger partial charge in [0.1, 0.15) is 5.84 Å². The van der Waals surface area contributed by atoms with Crippen LogP contribution in [0.2, 0.25) is 0 Å². The molecule has 7 nitrogen and oxygen atoms in total. The Kier molecular flexibility index (Phi) is 6.36. The smallest absolute Gasteiger partial charge is 0.435 e. The summed E-state index contributed by atoms with van der Waals surface area (Å²) in [7, 11) is 1.69. The number of aryl methyl sites for hydroxylation is 1. The van der Waals surface area contributed by atoms with Crippen molar-refractivity contribution in [1.82, 2.24) is 4.57 Å². The fourth-order valence-corrected chi connectivity index (χ4v) is 4.19. The zero-order valence-electron chi connectivity index (χ0n) is 19.4. The molecule has 0 fully saturated rings. The molecule has 2 N–H and O–H groups in total. The first-order valence-electron chi connectivity index (χ1n) is 11.1. The van der Waals surface area contributed by atoms with Crippen LogP contribution < -0.4 is 10.8 Å². The Bertz CT molecular complexity index is 1430. The molecule has 0 aliphatic rings. The number of amidine groups is 1. The number of ether oxygens (including phenoxy) is 1. The molecule has 7 heteroatoms. The third kappa shape index (κ3) is 4.50. The molecule has 0 radical (unpaired) electrons. The van der Waals surface area contributed by atoms with Crippen LogP contribution in [0.4, 0.5) is 4.79 Å². The molecular formula is C27H26N3O4-. The van der Waals surface area contributed by atoms with E-state index in [1.807, 2.05) is 56.3 Å². The molecule has 0 bridgehead atoms. The number of hydrogen-bond donors (Lipinski definition) is 1. The van der Waals surface area contributed by atoms with Crippen LogP contribution in [0.25, 0.3) is 21.7 Å². The summed E-state index contributed by atoms with van der Waals surface area (Å²) in [5.74, 6) is -1.07. The molecule has 1 heterocycles. The number of aromatic nitrogens is 1. The van der Waals surface area contributed by atoms with Gasteiger partial charge in [-0.05, 0) is 46.0 Å². The lowest BCUT2D eigenvalue weighted by Crippen LogP contribution is -2.26. The number of carboxylic acid groups (broad SMARTS) is 1. The minimum atomic E-state index is -1.26. The highest BCUT2D eigenvalue weighted by molar-refractivity contribution is 6.06. The number of carboxylic acids is 1. The van der Waals surface area contributed by atoms with Crippen LogP contribution in [0.3, 0.4) is 0 Å². The molecule has 0 atom stereocenters. The summed E-state index contributed by atoms with van der Waals surface area (Å²) in [6, 6.07) is 19.2. The Balaban J connectivity index is 1.81. The minimum Gasteiger partial charge on any atom is -0.543 e. The van der Waals surface area contributed by atoms with E-state index in [2.05, 4.69) is 4.99 Å². The maximum absolute atomic E-state index is 12.1. The average Bonchev–Trinajstić information content (AvgIpc) is 3.09. The number of hydrogen-bond acceptors (Lipinski definition) is 4. The highest BCUT2D eigenvalue weighted by Crippen LogP contribution is 2.30. The molecule has 3 aromatic carbocycles. The van der Waals surface area contributed by atoms with Crippen LogP contribution in [0, 0.1) is 5.92 Å². The summed E-state index contributed by atoms with van der Waals surface area (Å²) in [5, 5.41) is 15.0. The second-order valence-corrected chi connectivity index (χ2v) is 8.69. The van der Waals surface area contributed by atoms with Crippen molar-refractivity contribution in [2.45, 2.75) is 20.3 Å². The van der Waals surface area contributed by atoms with E-state index in [-0.39, 0.29) is 24.1 Å². The number of benzene rings is 3. The third-order valence-electron chi connectivity index (χ3n) is 5.79. The summed E-state index contributed by atoms with van der Waals surface area (Å²) in [6.07, 6.45) is -0.371. The van der Waals surface area contributed by atoms with Gasteiger partial charge in [-0.1, -0.05) is 56.3 Å². The van der Waals surface area contributed by atoms with Crippen molar-refractivity contribution in [2.75, 3.05) is 6.61 Å². The topological polar surface area (TPSA) is 110 Å². The molecule has 0 unspecified atom stereocenters. The zero-order chi connectivity index (χ0) is 24.4. The molecule has 1 aromatic heterocycles. The van der Waals surface area contributed by atoms with Gasteiger partial charge in [0.2, 0.25) is 0 Å². The van der Waals surface area contributed by atoms with Crippen LogP contribution in [0.1, 0.15) is 41.0 Å². The largest absolute Gasteiger partial charge is 0.543 e. The molecule has 0 aliphatic heterocycles. The summed E-state index contributed by atoms with van der Waals surface area (Å²) in [6.45, 7) is 4.10. The number of aliphatic imine (C=N–C) groups is 1. The van der Waals surface area contributed by atoms with Gasteiger partial charge in [0.05, 0.1) is 18.3 Å². The number of amides is 1. The summed E-state index contributed by atoms with van der Waals surface area (Å²) < 4.78 is 6.70. The van der Waals surface area contributed by atoms with Gasteiger partial charge in [-0.15, -0.1) is 0 Å². The van der Waals surface area contributed by atoms with Crippen molar-refractivity contribution in [1.29, 1.82) is 0 Å². The van der Waals surface area contributed by atoms with Crippen LogP contribution in [0.5, 0.6) is 0 Å². The van der Waals surface area contributed by atoms with Gasteiger partial charge in [-0.25, -0.2) is 4.79 Å². The maximum atomic E-state index is 12.1. The SMILES string of the molecule is CC(C)COC(=O)/N=C(\N)c1ccc2c(c1)c(Cc1cccc3ccccc13)c(C(=O)[O-])n2C. The maximum Gasteiger partial charge on any atom is 0.435 e. The van der Waals surface area contributed by atoms with Crippen molar-refractivity contribution >= 4 is 39.6 Å². The van der Waals surface area contributed by atoms with Crippen LogP contribution in [-0.4, -0.2) is 29.1 Å². The molecule has 34 heavy (non-hydrogen) atoms. The van der Waals surface area contributed by atoms with Crippen molar-refractivity contribution in [3.8, 4) is 0 Å². The summed E-state index contributed by atoms with van der Waals surface area (Å²) >= 11 is 0. The predicted octanol–water partition coefficient (Wildman–Crippen LogP) is 3.78. The normalized spacial score (nSPS) is 11.9. The first-order valence-corrected chi connectivity index (χ1v) is 11.1. The Morgan fingerprint density at radius 2 is 1.79 bits per heavy atom. The quantitative estimate of drug-likeness (QED) is 0.351. The van der Waals surface area contributed by atoms with E-state index in [1.54, 1.807) is 29.8 Å². The lowest BCUT2D eigenvalue weighted by molar-refractivity contribution is -0.255. The second kappa shape index (κ2) is 9.39.